The molecule has 4 nitrogen and oxygen atoms in total. The molecule has 0 bridgehead atoms. The summed E-state index contributed by atoms with van der Waals surface area (Å²) >= 11 is 5.71. The van der Waals surface area contributed by atoms with E-state index in [-0.39, 0.29) is 16.5 Å². The van der Waals surface area contributed by atoms with Gasteiger partial charge in [0.25, 0.3) is 0 Å². The quantitative estimate of drug-likeness (QED) is 0.782. The summed E-state index contributed by atoms with van der Waals surface area (Å²) in [5.74, 6) is -0.824. The van der Waals surface area contributed by atoms with Crippen LogP contribution in [0.2, 0.25) is 5.02 Å². The Bertz CT molecular complexity index is 459. The van der Waals surface area contributed by atoms with Gasteiger partial charge in [-0.1, -0.05) is 24.6 Å². The van der Waals surface area contributed by atoms with Crippen LogP contribution in [0.25, 0.3) is 0 Å². The smallest absolute Gasteiger partial charge is 0.234 e. The molecule has 0 unspecified atom stereocenters. The standard InChI is InChI=1S/C10H14ClFN2O2S/c1-2-13-6-7-17(15,16)14-10-8(11)4-3-5-9(10)12/h3-5,13-14H,2,6-7H2,1H3. The van der Waals surface area contributed by atoms with Crippen LogP contribution >= 0.6 is 11.6 Å². The van der Waals surface area contributed by atoms with Crippen molar-refractivity contribution < 1.29 is 12.8 Å². The Morgan fingerprint density at radius 2 is 2.12 bits per heavy atom. The van der Waals surface area contributed by atoms with Crippen molar-refractivity contribution >= 4 is 27.3 Å². The van der Waals surface area contributed by atoms with Gasteiger partial charge in [-0.2, -0.15) is 0 Å². The molecule has 0 saturated carbocycles. The van der Waals surface area contributed by atoms with Crippen molar-refractivity contribution in [2.75, 3.05) is 23.6 Å². The summed E-state index contributed by atoms with van der Waals surface area (Å²) in [4.78, 5) is 0. The minimum Gasteiger partial charge on any atom is -0.316 e. The first-order valence-corrected chi connectivity index (χ1v) is 7.14. The monoisotopic (exact) mass is 280 g/mol. The summed E-state index contributed by atoms with van der Waals surface area (Å²) in [5.41, 5.74) is -0.203. The van der Waals surface area contributed by atoms with E-state index < -0.39 is 15.8 Å². The lowest BCUT2D eigenvalue weighted by Crippen LogP contribution is -2.26. The van der Waals surface area contributed by atoms with Gasteiger partial charge < -0.3 is 5.32 Å². The lowest BCUT2D eigenvalue weighted by atomic mass is 10.3. The SMILES string of the molecule is CCNCCS(=O)(=O)Nc1c(F)cccc1Cl. The van der Waals surface area contributed by atoms with Crippen molar-refractivity contribution in [3.63, 3.8) is 0 Å². The number of benzene rings is 1. The van der Waals surface area contributed by atoms with E-state index in [4.69, 9.17) is 11.6 Å². The zero-order valence-electron chi connectivity index (χ0n) is 9.33. The van der Waals surface area contributed by atoms with E-state index in [1.165, 1.54) is 12.1 Å². The van der Waals surface area contributed by atoms with E-state index in [9.17, 15) is 12.8 Å². The molecular formula is C10H14ClFN2O2S. The summed E-state index contributed by atoms with van der Waals surface area (Å²) < 4.78 is 38.7. The number of hydrogen-bond acceptors (Lipinski definition) is 3. The molecule has 1 aromatic rings. The first-order chi connectivity index (χ1) is 7.96. The predicted octanol–water partition coefficient (Wildman–Crippen LogP) is 1.83. The number of sulfonamides is 1. The fourth-order valence-electron chi connectivity index (χ4n) is 1.19. The first-order valence-electron chi connectivity index (χ1n) is 5.11. The van der Waals surface area contributed by atoms with Gasteiger partial charge in [-0.05, 0) is 18.7 Å². The van der Waals surface area contributed by atoms with Crippen molar-refractivity contribution in [2.24, 2.45) is 0 Å². The number of anilines is 1. The average Bonchev–Trinajstić information content (AvgIpc) is 2.24. The van der Waals surface area contributed by atoms with Gasteiger partial charge >= 0.3 is 0 Å². The van der Waals surface area contributed by atoms with Gasteiger partial charge in [-0.15, -0.1) is 0 Å². The summed E-state index contributed by atoms with van der Waals surface area (Å²) in [6, 6.07) is 3.98. The van der Waals surface area contributed by atoms with Crippen LogP contribution in [0, 0.1) is 5.82 Å². The Morgan fingerprint density at radius 1 is 1.41 bits per heavy atom. The van der Waals surface area contributed by atoms with Crippen LogP contribution in [0.15, 0.2) is 18.2 Å². The fourth-order valence-corrected chi connectivity index (χ4v) is 2.49. The third-order valence-electron chi connectivity index (χ3n) is 2.02. The van der Waals surface area contributed by atoms with Gasteiger partial charge in [-0.25, -0.2) is 12.8 Å². The number of rotatable bonds is 6. The molecule has 0 aromatic heterocycles. The van der Waals surface area contributed by atoms with Gasteiger partial charge in [0.15, 0.2) is 0 Å². The Hall–Kier alpha value is -0.850. The van der Waals surface area contributed by atoms with Crippen LogP contribution in [0.4, 0.5) is 10.1 Å². The van der Waals surface area contributed by atoms with Gasteiger partial charge in [0.1, 0.15) is 11.5 Å². The van der Waals surface area contributed by atoms with Gasteiger partial charge in [0, 0.05) is 6.54 Å². The normalized spacial score (nSPS) is 11.5. The van der Waals surface area contributed by atoms with Crippen LogP contribution in [-0.2, 0) is 10.0 Å². The summed E-state index contributed by atoms with van der Waals surface area (Å²) in [6.07, 6.45) is 0. The first kappa shape index (κ1) is 14.2. The maximum Gasteiger partial charge on any atom is 0.234 e. The van der Waals surface area contributed by atoms with Crippen molar-refractivity contribution in [3.8, 4) is 0 Å². The largest absolute Gasteiger partial charge is 0.316 e. The highest BCUT2D eigenvalue weighted by molar-refractivity contribution is 7.92. The van der Waals surface area contributed by atoms with E-state index in [2.05, 4.69) is 10.0 Å². The maximum atomic E-state index is 13.3. The van der Waals surface area contributed by atoms with Crippen molar-refractivity contribution in [1.82, 2.24) is 5.32 Å². The van der Waals surface area contributed by atoms with Gasteiger partial charge in [-0.3, -0.25) is 4.72 Å². The van der Waals surface area contributed by atoms with Gasteiger partial charge in [0.2, 0.25) is 10.0 Å². The number of nitrogens with one attached hydrogen (secondary N) is 2. The zero-order chi connectivity index (χ0) is 12.9. The molecule has 17 heavy (non-hydrogen) atoms. The number of hydrogen-bond donors (Lipinski definition) is 2. The molecule has 0 spiro atoms. The average molecular weight is 281 g/mol. The van der Waals surface area contributed by atoms with Crippen LogP contribution in [0.5, 0.6) is 0 Å². The predicted molar refractivity (Wildman–Crippen MR) is 67.4 cm³/mol. The third-order valence-corrected chi connectivity index (χ3v) is 3.59. The highest BCUT2D eigenvalue weighted by Gasteiger charge is 2.15. The molecule has 0 fully saturated rings. The fraction of sp³-hybridized carbons (Fsp3) is 0.400. The highest BCUT2D eigenvalue weighted by Crippen LogP contribution is 2.25. The van der Waals surface area contributed by atoms with Gasteiger partial charge in [0.05, 0.1) is 10.8 Å². The topological polar surface area (TPSA) is 58.2 Å². The summed E-state index contributed by atoms with van der Waals surface area (Å²) in [7, 11) is -3.59. The molecular weight excluding hydrogens is 267 g/mol. The lowest BCUT2D eigenvalue weighted by Gasteiger charge is -2.10. The molecule has 0 amide bonds. The molecule has 96 valence electrons. The highest BCUT2D eigenvalue weighted by atomic mass is 35.5. The Labute approximate surface area is 105 Å². The van der Waals surface area contributed by atoms with E-state index in [0.29, 0.717) is 13.1 Å². The molecule has 1 aromatic carbocycles. The zero-order valence-corrected chi connectivity index (χ0v) is 10.9. The second kappa shape index (κ2) is 6.18. The molecule has 2 N–H and O–H groups in total. The second-order valence-corrected chi connectivity index (χ2v) is 5.62. The second-order valence-electron chi connectivity index (χ2n) is 3.37. The molecule has 0 saturated heterocycles. The molecule has 0 atom stereocenters. The molecule has 7 heteroatoms. The number of halogens is 2. The third kappa shape index (κ3) is 4.49. The van der Waals surface area contributed by atoms with E-state index in [1.54, 1.807) is 0 Å². The van der Waals surface area contributed by atoms with Crippen LogP contribution in [0.3, 0.4) is 0 Å². The molecule has 0 aliphatic rings. The summed E-state index contributed by atoms with van der Waals surface area (Å²) in [6.45, 7) is 2.85. The van der Waals surface area contributed by atoms with Crippen molar-refractivity contribution in [2.45, 2.75) is 6.92 Å². The molecule has 0 aliphatic carbocycles. The molecule has 0 radical (unpaired) electrons. The lowest BCUT2D eigenvalue weighted by molar-refractivity contribution is 0.594. The minimum atomic E-state index is -3.59. The van der Waals surface area contributed by atoms with E-state index in [0.717, 1.165) is 6.07 Å². The Kier molecular flexibility index (Phi) is 5.17. The van der Waals surface area contributed by atoms with E-state index in [1.807, 2.05) is 6.92 Å². The molecule has 0 aliphatic heterocycles. The van der Waals surface area contributed by atoms with Crippen LogP contribution in [-0.4, -0.2) is 27.3 Å². The van der Waals surface area contributed by atoms with Crippen molar-refractivity contribution in [1.29, 1.82) is 0 Å². The minimum absolute atomic E-state index is 0.0389. The Morgan fingerprint density at radius 3 is 2.71 bits per heavy atom. The van der Waals surface area contributed by atoms with Crippen LogP contribution in [0.1, 0.15) is 6.92 Å². The molecule has 1 rings (SSSR count). The van der Waals surface area contributed by atoms with E-state index >= 15 is 0 Å². The summed E-state index contributed by atoms with van der Waals surface area (Å²) in [5, 5.41) is 2.91. The Balaban J connectivity index is 2.76. The maximum absolute atomic E-state index is 13.3. The van der Waals surface area contributed by atoms with Crippen molar-refractivity contribution in [3.05, 3.63) is 29.0 Å². The van der Waals surface area contributed by atoms with Crippen LogP contribution < -0.4 is 10.0 Å². The number of para-hydroxylation sites is 1. The molecule has 0 heterocycles.